The summed E-state index contributed by atoms with van der Waals surface area (Å²) in [6.07, 6.45) is 0. The molecule has 0 bridgehead atoms. The lowest BCUT2D eigenvalue weighted by Gasteiger charge is -2.36. The van der Waals surface area contributed by atoms with Crippen LogP contribution in [-0.4, -0.2) is 80.4 Å². The molecule has 3 aromatic carbocycles. The molecule has 1 saturated heterocycles. The van der Waals surface area contributed by atoms with E-state index in [1.54, 1.807) is 45.5 Å². The van der Waals surface area contributed by atoms with E-state index in [4.69, 9.17) is 31.2 Å². The van der Waals surface area contributed by atoms with E-state index in [9.17, 15) is 4.79 Å². The molecular weight excluding hydrogens is 607 g/mol. The first-order valence-electron chi connectivity index (χ1n) is 15.0. The summed E-state index contributed by atoms with van der Waals surface area (Å²) < 4.78 is 22.7. The lowest BCUT2D eigenvalue weighted by molar-refractivity contribution is -0.116. The largest absolute Gasteiger partial charge is 0.497 e. The number of piperazine rings is 1. The number of thioether (sulfide) groups is 1. The van der Waals surface area contributed by atoms with E-state index in [1.807, 2.05) is 24.3 Å². The number of carbonyl (C=O) groups is 1. The molecule has 242 valence electrons. The molecule has 0 N–H and O–H groups in total. The molecule has 1 aliphatic heterocycles. The third kappa shape index (κ3) is 9.05. The number of hydrogen-bond donors (Lipinski definition) is 0. The molecule has 45 heavy (non-hydrogen) atoms. The summed E-state index contributed by atoms with van der Waals surface area (Å²) >= 11 is 7.22. The average Bonchev–Trinajstić information content (AvgIpc) is 3.05. The Morgan fingerprint density at radius 2 is 1.40 bits per heavy atom. The van der Waals surface area contributed by atoms with Crippen molar-refractivity contribution in [3.63, 3.8) is 0 Å². The average molecular weight is 652 g/mol. The Balaban J connectivity index is 1.40. The highest BCUT2D eigenvalue weighted by atomic mass is 32.2. The molecule has 0 saturated carbocycles. The van der Waals surface area contributed by atoms with Crippen molar-refractivity contribution in [2.24, 2.45) is 0 Å². The van der Waals surface area contributed by atoms with Crippen LogP contribution in [0.3, 0.4) is 0 Å². The van der Waals surface area contributed by atoms with Gasteiger partial charge in [-0.2, -0.15) is 0 Å². The monoisotopic (exact) mass is 651 g/mol. The molecule has 3 aromatic rings. The lowest BCUT2D eigenvalue weighted by Crippen LogP contribution is -2.47. The van der Waals surface area contributed by atoms with E-state index in [1.165, 1.54) is 22.9 Å². The maximum atomic E-state index is 13.8. The van der Waals surface area contributed by atoms with Crippen LogP contribution in [0.5, 0.6) is 23.0 Å². The smallest absolute Gasteiger partial charge is 0.237 e. The van der Waals surface area contributed by atoms with Gasteiger partial charge in [-0.05, 0) is 34.2 Å². The van der Waals surface area contributed by atoms with Gasteiger partial charge < -0.3 is 28.7 Å². The SMILES string of the molecule is COc1ccc(CN(C(=O)CSC(=S)N2CCN(Cc3ccc(C(C)(C)C)cc3)CC2)c2cc(OC)c(OC)c(OC)c2)cc1. The van der Waals surface area contributed by atoms with Gasteiger partial charge in [-0.25, -0.2) is 0 Å². The van der Waals surface area contributed by atoms with Gasteiger partial charge >= 0.3 is 0 Å². The Morgan fingerprint density at radius 3 is 1.91 bits per heavy atom. The molecule has 4 rings (SSSR count). The van der Waals surface area contributed by atoms with Gasteiger partial charge in [-0.1, -0.05) is 81.1 Å². The molecule has 8 nitrogen and oxygen atoms in total. The van der Waals surface area contributed by atoms with Crippen molar-refractivity contribution in [1.29, 1.82) is 0 Å². The van der Waals surface area contributed by atoms with Crippen LogP contribution in [-0.2, 0) is 23.3 Å². The Hall–Kier alpha value is -3.47. The molecule has 1 fully saturated rings. The molecule has 10 heteroatoms. The molecule has 1 heterocycles. The number of rotatable bonds is 11. The molecule has 0 aromatic heterocycles. The summed E-state index contributed by atoms with van der Waals surface area (Å²) in [4.78, 5) is 20.2. The Bertz CT molecular complexity index is 1410. The first kappa shape index (κ1) is 34.4. The number of benzene rings is 3. The maximum Gasteiger partial charge on any atom is 0.237 e. The topological polar surface area (TPSA) is 63.7 Å². The number of anilines is 1. The second-order valence-electron chi connectivity index (χ2n) is 12.0. The van der Waals surface area contributed by atoms with Gasteiger partial charge in [0, 0.05) is 44.9 Å². The molecule has 1 amide bonds. The number of hydrogen-bond acceptors (Lipinski definition) is 8. The molecular formula is C35H45N3O5S2. The molecule has 1 aliphatic rings. The summed E-state index contributed by atoms with van der Waals surface area (Å²) in [7, 11) is 6.31. The fourth-order valence-electron chi connectivity index (χ4n) is 5.21. The van der Waals surface area contributed by atoms with Crippen LogP contribution < -0.4 is 23.8 Å². The predicted octanol–water partition coefficient (Wildman–Crippen LogP) is 6.39. The van der Waals surface area contributed by atoms with Gasteiger partial charge in [0.2, 0.25) is 11.7 Å². The minimum atomic E-state index is -0.0789. The summed E-state index contributed by atoms with van der Waals surface area (Å²) in [5.74, 6) is 2.30. The summed E-state index contributed by atoms with van der Waals surface area (Å²) in [6, 6.07) is 20.2. The number of thiocarbonyl (C=S) groups is 1. The lowest BCUT2D eigenvalue weighted by atomic mass is 9.87. The molecule has 0 atom stereocenters. The van der Waals surface area contributed by atoms with Crippen molar-refractivity contribution in [2.45, 2.75) is 39.3 Å². The van der Waals surface area contributed by atoms with Gasteiger partial charge in [-0.15, -0.1) is 0 Å². The maximum absolute atomic E-state index is 13.8. The highest BCUT2D eigenvalue weighted by Crippen LogP contribution is 2.41. The molecule has 0 spiro atoms. The van der Waals surface area contributed by atoms with Crippen LogP contribution in [0.2, 0.25) is 0 Å². The van der Waals surface area contributed by atoms with Crippen LogP contribution >= 0.6 is 24.0 Å². The van der Waals surface area contributed by atoms with Gasteiger partial charge in [0.05, 0.1) is 46.4 Å². The summed E-state index contributed by atoms with van der Waals surface area (Å²) in [5, 5.41) is 0. The van der Waals surface area contributed by atoms with Gasteiger partial charge in [0.1, 0.15) is 10.1 Å². The van der Waals surface area contributed by atoms with Crippen LogP contribution in [0, 0.1) is 0 Å². The number of ether oxygens (including phenoxy) is 4. The van der Waals surface area contributed by atoms with Crippen molar-refractivity contribution < 1.29 is 23.7 Å². The third-order valence-electron chi connectivity index (χ3n) is 7.94. The van der Waals surface area contributed by atoms with Crippen molar-refractivity contribution in [1.82, 2.24) is 9.80 Å². The van der Waals surface area contributed by atoms with E-state index in [-0.39, 0.29) is 17.1 Å². The summed E-state index contributed by atoms with van der Waals surface area (Å²) in [5.41, 5.74) is 4.42. The minimum absolute atomic E-state index is 0.0789. The van der Waals surface area contributed by atoms with E-state index in [0.717, 1.165) is 48.4 Å². The minimum Gasteiger partial charge on any atom is -0.497 e. The Kier molecular flexibility index (Phi) is 12.0. The van der Waals surface area contributed by atoms with Crippen LogP contribution in [0.15, 0.2) is 60.7 Å². The zero-order chi connectivity index (χ0) is 32.6. The van der Waals surface area contributed by atoms with Gasteiger partial charge in [0.25, 0.3) is 0 Å². The predicted molar refractivity (Wildman–Crippen MR) is 187 cm³/mol. The first-order chi connectivity index (χ1) is 21.6. The molecule has 0 unspecified atom stereocenters. The standard InChI is InChI=1S/C35H45N3O5S2/c1-35(2,3)27-12-8-25(9-13-27)22-36-16-18-37(19-17-36)34(44)45-24-32(39)38(23-26-10-14-29(40-4)15-11-26)28-20-30(41-5)33(43-7)31(21-28)42-6/h8-15,20-21H,16-19,22-24H2,1-7H3. The normalized spacial score (nSPS) is 13.7. The fourth-order valence-corrected chi connectivity index (χ4v) is 6.34. The number of methoxy groups -OCH3 is 4. The van der Waals surface area contributed by atoms with Crippen molar-refractivity contribution in [2.75, 3.05) is 65.3 Å². The number of amides is 1. The van der Waals surface area contributed by atoms with Crippen molar-refractivity contribution >= 4 is 39.9 Å². The third-order valence-corrected chi connectivity index (χ3v) is 9.45. The summed E-state index contributed by atoms with van der Waals surface area (Å²) in [6.45, 7) is 11.5. The zero-order valence-electron chi connectivity index (χ0n) is 27.4. The van der Waals surface area contributed by atoms with Crippen molar-refractivity contribution in [3.05, 3.63) is 77.4 Å². The second-order valence-corrected chi connectivity index (χ2v) is 13.6. The van der Waals surface area contributed by atoms with E-state index in [0.29, 0.717) is 29.5 Å². The molecule has 0 aliphatic carbocycles. The van der Waals surface area contributed by atoms with E-state index in [2.05, 4.69) is 54.8 Å². The van der Waals surface area contributed by atoms with E-state index >= 15 is 0 Å². The highest BCUT2D eigenvalue weighted by molar-refractivity contribution is 8.23. The molecule has 0 radical (unpaired) electrons. The second kappa shape index (κ2) is 15.7. The van der Waals surface area contributed by atoms with Crippen LogP contribution in [0.25, 0.3) is 0 Å². The van der Waals surface area contributed by atoms with Gasteiger partial charge in [0.15, 0.2) is 11.5 Å². The number of carbonyl (C=O) groups excluding carboxylic acids is 1. The van der Waals surface area contributed by atoms with E-state index < -0.39 is 0 Å². The Labute approximate surface area is 277 Å². The van der Waals surface area contributed by atoms with Crippen LogP contribution in [0.4, 0.5) is 5.69 Å². The zero-order valence-corrected chi connectivity index (χ0v) is 29.1. The van der Waals surface area contributed by atoms with Crippen LogP contribution in [0.1, 0.15) is 37.5 Å². The van der Waals surface area contributed by atoms with Crippen molar-refractivity contribution in [3.8, 4) is 23.0 Å². The fraction of sp³-hybridized carbons (Fsp3) is 0.429. The Morgan fingerprint density at radius 1 is 0.822 bits per heavy atom. The number of nitrogens with zero attached hydrogens (tertiary/aromatic N) is 3. The first-order valence-corrected chi connectivity index (χ1v) is 16.4. The quantitative estimate of drug-likeness (QED) is 0.220. The van der Waals surface area contributed by atoms with Gasteiger partial charge in [-0.3, -0.25) is 9.69 Å². The highest BCUT2D eigenvalue weighted by Gasteiger charge is 2.24.